The highest BCUT2D eigenvalue weighted by Crippen LogP contribution is 2.22. The van der Waals surface area contributed by atoms with E-state index in [1.54, 1.807) is 6.92 Å². The standard InChI is InChI=1S/C9H19NO4/c1-8(10-14)3-2-4-9(5-11,6-12)7-13/h11-14H,2-7H2,1H3. The lowest BCUT2D eigenvalue weighted by molar-refractivity contribution is -0.00153. The minimum absolute atomic E-state index is 0.241. The molecule has 0 rings (SSSR count). The van der Waals surface area contributed by atoms with E-state index < -0.39 is 5.41 Å². The van der Waals surface area contributed by atoms with Gasteiger partial charge in [-0.2, -0.15) is 0 Å². The van der Waals surface area contributed by atoms with Crippen LogP contribution < -0.4 is 0 Å². The van der Waals surface area contributed by atoms with E-state index in [1.165, 1.54) is 0 Å². The second-order valence-corrected chi connectivity index (χ2v) is 3.66. The molecule has 0 heterocycles. The molecule has 0 aliphatic rings. The first-order valence-electron chi connectivity index (χ1n) is 4.64. The molecule has 5 heteroatoms. The minimum Gasteiger partial charge on any atom is -0.411 e. The third-order valence-corrected chi connectivity index (χ3v) is 2.42. The van der Waals surface area contributed by atoms with Gasteiger partial charge in [0.2, 0.25) is 0 Å². The number of nitrogens with zero attached hydrogens (tertiary/aromatic N) is 1. The maximum atomic E-state index is 9.00. The highest BCUT2D eigenvalue weighted by molar-refractivity contribution is 5.81. The van der Waals surface area contributed by atoms with Crippen LogP contribution in [-0.4, -0.2) is 46.1 Å². The van der Waals surface area contributed by atoms with Crippen LogP contribution in [0.3, 0.4) is 0 Å². The summed E-state index contributed by atoms with van der Waals surface area (Å²) >= 11 is 0. The Morgan fingerprint density at radius 3 is 2.00 bits per heavy atom. The fraction of sp³-hybridized carbons (Fsp3) is 0.889. The predicted molar refractivity (Wildman–Crippen MR) is 52.4 cm³/mol. The lowest BCUT2D eigenvalue weighted by atomic mass is 9.85. The van der Waals surface area contributed by atoms with Crippen LogP contribution >= 0.6 is 0 Å². The van der Waals surface area contributed by atoms with Crippen molar-refractivity contribution in [3.8, 4) is 0 Å². The fourth-order valence-electron chi connectivity index (χ4n) is 1.16. The Balaban J connectivity index is 3.94. The summed E-state index contributed by atoms with van der Waals surface area (Å²) in [6, 6.07) is 0. The molecule has 0 saturated carbocycles. The second-order valence-electron chi connectivity index (χ2n) is 3.66. The molecule has 0 radical (unpaired) electrons. The molecular weight excluding hydrogens is 186 g/mol. The third-order valence-electron chi connectivity index (χ3n) is 2.42. The van der Waals surface area contributed by atoms with Crippen molar-refractivity contribution in [2.24, 2.45) is 10.6 Å². The number of rotatable bonds is 7. The number of aliphatic hydroxyl groups excluding tert-OH is 3. The number of hydrogen-bond acceptors (Lipinski definition) is 5. The van der Waals surface area contributed by atoms with Crippen molar-refractivity contribution < 1.29 is 20.5 Å². The summed E-state index contributed by atoms with van der Waals surface area (Å²) in [5.41, 5.74) is -0.205. The van der Waals surface area contributed by atoms with E-state index in [1.807, 2.05) is 0 Å². The van der Waals surface area contributed by atoms with Crippen molar-refractivity contribution in [2.75, 3.05) is 19.8 Å². The number of aliphatic hydroxyl groups is 3. The molecule has 0 aromatic rings. The van der Waals surface area contributed by atoms with E-state index >= 15 is 0 Å². The molecule has 0 amide bonds. The van der Waals surface area contributed by atoms with Gasteiger partial charge in [-0.05, 0) is 26.2 Å². The summed E-state index contributed by atoms with van der Waals surface area (Å²) < 4.78 is 0. The summed E-state index contributed by atoms with van der Waals surface area (Å²) in [5, 5.41) is 38.4. The molecule has 84 valence electrons. The van der Waals surface area contributed by atoms with Crippen molar-refractivity contribution in [3.63, 3.8) is 0 Å². The monoisotopic (exact) mass is 205 g/mol. The molecule has 0 aromatic heterocycles. The van der Waals surface area contributed by atoms with Gasteiger partial charge in [-0.1, -0.05) is 5.16 Å². The second kappa shape index (κ2) is 6.75. The highest BCUT2D eigenvalue weighted by Gasteiger charge is 2.27. The molecule has 0 saturated heterocycles. The van der Waals surface area contributed by atoms with E-state index in [4.69, 9.17) is 20.5 Å². The Labute approximate surface area is 83.7 Å². The van der Waals surface area contributed by atoms with Gasteiger partial charge < -0.3 is 20.5 Å². The Hall–Kier alpha value is -0.650. The zero-order valence-electron chi connectivity index (χ0n) is 8.48. The third kappa shape index (κ3) is 4.04. The summed E-state index contributed by atoms with van der Waals surface area (Å²) in [7, 11) is 0. The van der Waals surface area contributed by atoms with Gasteiger partial charge in [0.1, 0.15) is 0 Å². The van der Waals surface area contributed by atoms with Crippen LogP contribution in [0.4, 0.5) is 0 Å². The van der Waals surface area contributed by atoms with Crippen molar-refractivity contribution >= 4 is 5.71 Å². The summed E-state index contributed by atoms with van der Waals surface area (Å²) in [6.45, 7) is 0.971. The Morgan fingerprint density at radius 1 is 1.14 bits per heavy atom. The summed E-state index contributed by atoms with van der Waals surface area (Å²) in [5.74, 6) is 0. The summed E-state index contributed by atoms with van der Waals surface area (Å²) in [6.07, 6.45) is 1.76. The average Bonchev–Trinajstić information content (AvgIpc) is 2.25. The molecule has 4 N–H and O–H groups in total. The van der Waals surface area contributed by atoms with Crippen molar-refractivity contribution in [3.05, 3.63) is 0 Å². The topological polar surface area (TPSA) is 93.3 Å². The fourth-order valence-corrected chi connectivity index (χ4v) is 1.16. The maximum Gasteiger partial charge on any atom is 0.0540 e. The molecule has 0 aliphatic heterocycles. The van der Waals surface area contributed by atoms with Crippen LogP contribution in [0.25, 0.3) is 0 Å². The van der Waals surface area contributed by atoms with Crippen molar-refractivity contribution in [1.82, 2.24) is 0 Å². The number of hydrogen-bond donors (Lipinski definition) is 4. The Kier molecular flexibility index (Phi) is 6.44. The first kappa shape index (κ1) is 13.4. The molecule has 0 fully saturated rings. The smallest absolute Gasteiger partial charge is 0.0540 e. The lowest BCUT2D eigenvalue weighted by Crippen LogP contribution is -2.33. The highest BCUT2D eigenvalue weighted by atomic mass is 16.4. The molecule has 0 bridgehead atoms. The van der Waals surface area contributed by atoms with Crippen LogP contribution in [0.15, 0.2) is 5.16 Å². The molecule has 0 atom stereocenters. The largest absolute Gasteiger partial charge is 0.411 e. The van der Waals surface area contributed by atoms with Crippen molar-refractivity contribution in [1.29, 1.82) is 0 Å². The Bertz CT molecular complexity index is 169. The molecule has 0 aliphatic carbocycles. The van der Waals surface area contributed by atoms with Gasteiger partial charge in [-0.15, -0.1) is 0 Å². The average molecular weight is 205 g/mol. The van der Waals surface area contributed by atoms with Gasteiger partial charge in [0, 0.05) is 5.41 Å². The maximum absolute atomic E-state index is 9.00. The zero-order valence-corrected chi connectivity index (χ0v) is 8.48. The van der Waals surface area contributed by atoms with Gasteiger partial charge in [-0.3, -0.25) is 0 Å². The van der Waals surface area contributed by atoms with Crippen LogP contribution in [0, 0.1) is 5.41 Å². The normalized spacial score (nSPS) is 13.3. The van der Waals surface area contributed by atoms with E-state index in [0.29, 0.717) is 25.0 Å². The van der Waals surface area contributed by atoms with Crippen LogP contribution in [0.2, 0.25) is 0 Å². The van der Waals surface area contributed by atoms with Gasteiger partial charge in [0.15, 0.2) is 0 Å². The van der Waals surface area contributed by atoms with Crippen LogP contribution in [-0.2, 0) is 0 Å². The van der Waals surface area contributed by atoms with Crippen LogP contribution in [0.5, 0.6) is 0 Å². The molecule has 0 aromatic carbocycles. The van der Waals surface area contributed by atoms with Crippen LogP contribution in [0.1, 0.15) is 26.2 Å². The lowest BCUT2D eigenvalue weighted by Gasteiger charge is -2.26. The van der Waals surface area contributed by atoms with E-state index in [9.17, 15) is 0 Å². The summed E-state index contributed by atoms with van der Waals surface area (Å²) in [4.78, 5) is 0. The SMILES string of the molecule is CC(CCCC(CO)(CO)CO)=NO. The molecular formula is C9H19NO4. The van der Waals surface area contributed by atoms with E-state index in [0.717, 1.165) is 0 Å². The van der Waals surface area contributed by atoms with Gasteiger partial charge in [0.05, 0.1) is 25.5 Å². The zero-order chi connectivity index (χ0) is 11.0. The molecule has 0 unspecified atom stereocenters. The van der Waals surface area contributed by atoms with Gasteiger partial charge in [-0.25, -0.2) is 0 Å². The first-order valence-corrected chi connectivity index (χ1v) is 4.64. The minimum atomic E-state index is -0.810. The Morgan fingerprint density at radius 2 is 1.64 bits per heavy atom. The number of oxime groups is 1. The molecule has 5 nitrogen and oxygen atoms in total. The van der Waals surface area contributed by atoms with Gasteiger partial charge in [0.25, 0.3) is 0 Å². The van der Waals surface area contributed by atoms with E-state index in [2.05, 4.69) is 5.16 Å². The van der Waals surface area contributed by atoms with Crippen molar-refractivity contribution in [2.45, 2.75) is 26.2 Å². The molecule has 14 heavy (non-hydrogen) atoms. The quantitative estimate of drug-likeness (QED) is 0.267. The van der Waals surface area contributed by atoms with E-state index in [-0.39, 0.29) is 19.8 Å². The predicted octanol–water partition coefficient (Wildman–Crippen LogP) is -0.0299. The van der Waals surface area contributed by atoms with Gasteiger partial charge >= 0.3 is 0 Å². The molecule has 0 spiro atoms. The first-order chi connectivity index (χ1) is 6.64.